The Morgan fingerprint density at radius 3 is 2.11 bits per heavy atom. The van der Waals surface area contributed by atoms with E-state index in [1.54, 1.807) is 0 Å². The molecule has 0 nitrogen and oxygen atoms in total. The van der Waals surface area contributed by atoms with Crippen LogP contribution in [0.3, 0.4) is 0 Å². The van der Waals surface area contributed by atoms with E-state index in [1.165, 1.54) is 34.2 Å². The van der Waals surface area contributed by atoms with Crippen molar-refractivity contribution >= 4 is 15.9 Å². The first-order valence-electron chi connectivity index (χ1n) is 6.92. The summed E-state index contributed by atoms with van der Waals surface area (Å²) in [5.74, 6) is 0. The molecule has 19 heavy (non-hydrogen) atoms. The molecule has 0 aliphatic rings. The van der Waals surface area contributed by atoms with E-state index in [9.17, 15) is 0 Å². The lowest BCUT2D eigenvalue weighted by molar-refractivity contribution is 0.920. The normalized spacial score (nSPS) is 12.4. The maximum absolute atomic E-state index is 3.82. The van der Waals surface area contributed by atoms with Gasteiger partial charge in [0, 0.05) is 0 Å². The summed E-state index contributed by atoms with van der Waals surface area (Å²) in [5, 5.41) is 0. The van der Waals surface area contributed by atoms with Gasteiger partial charge in [0.2, 0.25) is 0 Å². The molecule has 100 valence electrons. The number of hydrogen-bond acceptors (Lipinski definition) is 0. The number of benzene rings is 2. The average molecular weight is 317 g/mol. The van der Waals surface area contributed by atoms with Gasteiger partial charge in [0.1, 0.15) is 0 Å². The maximum Gasteiger partial charge on any atom is 0.0644 e. The van der Waals surface area contributed by atoms with Gasteiger partial charge < -0.3 is 0 Å². The van der Waals surface area contributed by atoms with Crippen LogP contribution in [0.4, 0.5) is 0 Å². The highest BCUT2D eigenvalue weighted by Crippen LogP contribution is 2.31. The van der Waals surface area contributed by atoms with Crippen molar-refractivity contribution in [2.75, 3.05) is 0 Å². The van der Waals surface area contributed by atoms with Gasteiger partial charge in [0.15, 0.2) is 0 Å². The van der Waals surface area contributed by atoms with Gasteiger partial charge in [0.05, 0.1) is 4.83 Å². The molecule has 0 saturated carbocycles. The standard InChI is InChI=1S/C18H21Br/c1-4-5-15-7-10-16(11-8-15)18(19)17-9-6-13(2)14(3)12-17/h6-12,18H,4-5H2,1-3H3. The van der Waals surface area contributed by atoms with E-state index >= 15 is 0 Å². The van der Waals surface area contributed by atoms with Crippen molar-refractivity contribution in [2.45, 2.75) is 38.4 Å². The molecule has 0 amide bonds. The summed E-state index contributed by atoms with van der Waals surface area (Å²) in [6, 6.07) is 15.6. The molecule has 1 heteroatoms. The van der Waals surface area contributed by atoms with Crippen LogP contribution in [0, 0.1) is 13.8 Å². The van der Waals surface area contributed by atoms with E-state index in [1.807, 2.05) is 0 Å². The second-order valence-corrected chi connectivity index (χ2v) is 6.11. The highest BCUT2D eigenvalue weighted by Gasteiger charge is 2.10. The van der Waals surface area contributed by atoms with Gasteiger partial charge in [0.25, 0.3) is 0 Å². The van der Waals surface area contributed by atoms with Crippen LogP contribution in [0.2, 0.25) is 0 Å². The van der Waals surface area contributed by atoms with Gasteiger partial charge in [-0.05, 0) is 48.1 Å². The first kappa shape index (κ1) is 14.3. The van der Waals surface area contributed by atoms with E-state index < -0.39 is 0 Å². The Balaban J connectivity index is 2.22. The van der Waals surface area contributed by atoms with E-state index in [2.05, 4.69) is 79.2 Å². The Bertz CT molecular complexity index is 540. The highest BCUT2D eigenvalue weighted by atomic mass is 79.9. The molecule has 0 aromatic heterocycles. The van der Waals surface area contributed by atoms with Gasteiger partial charge in [-0.2, -0.15) is 0 Å². The molecule has 0 heterocycles. The first-order valence-corrected chi connectivity index (χ1v) is 7.83. The maximum atomic E-state index is 3.82. The topological polar surface area (TPSA) is 0 Å². The zero-order chi connectivity index (χ0) is 13.8. The molecule has 0 spiro atoms. The average Bonchev–Trinajstić information content (AvgIpc) is 2.42. The molecule has 1 atom stereocenters. The van der Waals surface area contributed by atoms with Gasteiger partial charge >= 0.3 is 0 Å². The van der Waals surface area contributed by atoms with Crippen molar-refractivity contribution in [1.82, 2.24) is 0 Å². The number of aryl methyl sites for hydroxylation is 3. The fourth-order valence-electron chi connectivity index (χ4n) is 2.26. The van der Waals surface area contributed by atoms with Gasteiger partial charge in [-0.25, -0.2) is 0 Å². The molecule has 0 saturated heterocycles. The van der Waals surface area contributed by atoms with Crippen LogP contribution in [-0.2, 0) is 6.42 Å². The van der Waals surface area contributed by atoms with E-state index in [4.69, 9.17) is 0 Å². The second kappa shape index (κ2) is 6.38. The van der Waals surface area contributed by atoms with Crippen molar-refractivity contribution in [3.05, 3.63) is 70.3 Å². The molecule has 0 aliphatic carbocycles. The lowest BCUT2D eigenvalue weighted by atomic mass is 9.99. The fourth-order valence-corrected chi connectivity index (χ4v) is 2.85. The molecule has 2 aromatic carbocycles. The summed E-state index contributed by atoms with van der Waals surface area (Å²) in [6.07, 6.45) is 2.37. The first-order chi connectivity index (χ1) is 9.11. The molecule has 0 bridgehead atoms. The minimum Gasteiger partial charge on any atom is -0.0786 e. The quantitative estimate of drug-likeness (QED) is 0.631. The third kappa shape index (κ3) is 3.48. The van der Waals surface area contributed by atoms with E-state index in [0.29, 0.717) is 0 Å². The van der Waals surface area contributed by atoms with Crippen molar-refractivity contribution in [3.63, 3.8) is 0 Å². The van der Waals surface area contributed by atoms with E-state index in [-0.39, 0.29) is 4.83 Å². The van der Waals surface area contributed by atoms with Crippen molar-refractivity contribution < 1.29 is 0 Å². The zero-order valence-corrected chi connectivity index (χ0v) is 13.5. The fraction of sp³-hybridized carbons (Fsp3) is 0.333. The summed E-state index contributed by atoms with van der Waals surface area (Å²) in [5.41, 5.74) is 6.77. The minimum atomic E-state index is 0.280. The van der Waals surface area contributed by atoms with Crippen LogP contribution in [-0.4, -0.2) is 0 Å². The Morgan fingerprint density at radius 1 is 0.895 bits per heavy atom. The third-order valence-electron chi connectivity index (χ3n) is 3.63. The summed E-state index contributed by atoms with van der Waals surface area (Å²) in [6.45, 7) is 6.54. The van der Waals surface area contributed by atoms with Crippen LogP contribution in [0.15, 0.2) is 42.5 Å². The summed E-state index contributed by atoms with van der Waals surface area (Å²) >= 11 is 3.82. The summed E-state index contributed by atoms with van der Waals surface area (Å²) in [4.78, 5) is 0.280. The van der Waals surface area contributed by atoms with Gasteiger partial charge in [-0.1, -0.05) is 71.7 Å². The molecule has 1 unspecified atom stereocenters. The lowest BCUT2D eigenvalue weighted by Gasteiger charge is -2.13. The number of rotatable bonds is 4. The zero-order valence-electron chi connectivity index (χ0n) is 11.9. The molecule has 0 radical (unpaired) electrons. The van der Waals surface area contributed by atoms with Crippen LogP contribution >= 0.6 is 15.9 Å². The minimum absolute atomic E-state index is 0.280. The Kier molecular flexibility index (Phi) is 4.81. The van der Waals surface area contributed by atoms with Gasteiger partial charge in [-0.3, -0.25) is 0 Å². The number of hydrogen-bond donors (Lipinski definition) is 0. The summed E-state index contributed by atoms with van der Waals surface area (Å²) in [7, 11) is 0. The second-order valence-electron chi connectivity index (χ2n) is 5.20. The van der Waals surface area contributed by atoms with Crippen LogP contribution in [0.25, 0.3) is 0 Å². The highest BCUT2D eigenvalue weighted by molar-refractivity contribution is 9.09. The lowest BCUT2D eigenvalue weighted by Crippen LogP contribution is -1.95. The largest absolute Gasteiger partial charge is 0.0786 e. The number of alkyl halides is 1. The molecular weight excluding hydrogens is 296 g/mol. The SMILES string of the molecule is CCCc1ccc(C(Br)c2ccc(C)c(C)c2)cc1. The monoisotopic (exact) mass is 316 g/mol. The Morgan fingerprint density at radius 2 is 1.53 bits per heavy atom. The molecule has 0 fully saturated rings. The molecule has 2 aromatic rings. The molecule has 0 N–H and O–H groups in total. The van der Waals surface area contributed by atoms with Crippen LogP contribution in [0.1, 0.15) is 46.0 Å². The van der Waals surface area contributed by atoms with Gasteiger partial charge in [-0.15, -0.1) is 0 Å². The molecular formula is C18H21Br. The van der Waals surface area contributed by atoms with E-state index in [0.717, 1.165) is 6.42 Å². The van der Waals surface area contributed by atoms with Crippen LogP contribution in [0.5, 0.6) is 0 Å². The molecule has 0 aliphatic heterocycles. The predicted molar refractivity (Wildman–Crippen MR) is 87.1 cm³/mol. The third-order valence-corrected chi connectivity index (χ3v) is 4.69. The Labute approximate surface area is 125 Å². The van der Waals surface area contributed by atoms with Crippen LogP contribution < -0.4 is 0 Å². The molecule has 2 rings (SSSR count). The van der Waals surface area contributed by atoms with Crippen molar-refractivity contribution in [3.8, 4) is 0 Å². The van der Waals surface area contributed by atoms with Crippen molar-refractivity contribution in [1.29, 1.82) is 0 Å². The number of halogens is 1. The summed E-state index contributed by atoms with van der Waals surface area (Å²) < 4.78 is 0. The predicted octanol–water partition coefficient (Wildman–Crippen LogP) is 5.74. The Hall–Kier alpha value is -1.08. The smallest absolute Gasteiger partial charge is 0.0644 e. The van der Waals surface area contributed by atoms with Crippen molar-refractivity contribution in [2.24, 2.45) is 0 Å².